The molecule has 0 unspecified atom stereocenters. The Balaban J connectivity index is 2.65. The van der Waals surface area contributed by atoms with Gasteiger partial charge in [0.25, 0.3) is 5.69 Å². The standard InChI is InChI=1S/C14H10FNO5/c1-21-13-5-2-8(6-12(13)15)11-7-9(16(19)20)3-4-10(11)14(17)18/h2-7H,1H3,(H,17,18). The minimum absolute atomic E-state index is 0.000978. The highest BCUT2D eigenvalue weighted by atomic mass is 19.1. The van der Waals surface area contributed by atoms with Crippen LogP contribution >= 0.6 is 0 Å². The summed E-state index contributed by atoms with van der Waals surface area (Å²) < 4.78 is 18.5. The molecule has 0 saturated heterocycles. The van der Waals surface area contributed by atoms with E-state index in [0.29, 0.717) is 0 Å². The summed E-state index contributed by atoms with van der Waals surface area (Å²) in [5.74, 6) is -1.94. The molecule has 2 aromatic rings. The van der Waals surface area contributed by atoms with Gasteiger partial charge in [0.1, 0.15) is 0 Å². The second-order valence-electron chi connectivity index (χ2n) is 4.14. The predicted octanol–water partition coefficient (Wildman–Crippen LogP) is 3.11. The van der Waals surface area contributed by atoms with Crippen molar-refractivity contribution >= 4 is 11.7 Å². The zero-order chi connectivity index (χ0) is 15.6. The van der Waals surface area contributed by atoms with Crippen LogP contribution < -0.4 is 4.74 Å². The summed E-state index contributed by atoms with van der Waals surface area (Å²) in [6.07, 6.45) is 0. The fourth-order valence-electron chi connectivity index (χ4n) is 1.91. The van der Waals surface area contributed by atoms with Crippen LogP contribution in [0, 0.1) is 15.9 Å². The van der Waals surface area contributed by atoms with Gasteiger partial charge < -0.3 is 9.84 Å². The number of aromatic carboxylic acids is 1. The molecule has 21 heavy (non-hydrogen) atoms. The van der Waals surface area contributed by atoms with Crippen molar-refractivity contribution in [3.8, 4) is 16.9 Å². The summed E-state index contributed by atoms with van der Waals surface area (Å²) in [5, 5.41) is 19.9. The van der Waals surface area contributed by atoms with E-state index in [-0.39, 0.29) is 28.1 Å². The number of halogens is 1. The SMILES string of the molecule is COc1ccc(-c2cc([N+](=O)[O-])ccc2C(=O)O)cc1F. The molecule has 7 heteroatoms. The zero-order valence-electron chi connectivity index (χ0n) is 10.9. The number of non-ortho nitro benzene ring substituents is 1. The topological polar surface area (TPSA) is 89.7 Å². The van der Waals surface area contributed by atoms with E-state index in [9.17, 15) is 19.3 Å². The van der Waals surface area contributed by atoms with Crippen molar-refractivity contribution in [3.05, 3.63) is 57.9 Å². The third-order valence-corrected chi connectivity index (χ3v) is 2.91. The maximum absolute atomic E-state index is 13.7. The molecule has 0 bridgehead atoms. The molecule has 0 aromatic heterocycles. The Labute approximate surface area is 118 Å². The van der Waals surface area contributed by atoms with Crippen LogP contribution in [-0.4, -0.2) is 23.1 Å². The molecule has 0 fully saturated rings. The van der Waals surface area contributed by atoms with Crippen LogP contribution in [0.15, 0.2) is 36.4 Å². The van der Waals surface area contributed by atoms with E-state index in [1.165, 1.54) is 19.2 Å². The first-order valence-electron chi connectivity index (χ1n) is 5.79. The highest BCUT2D eigenvalue weighted by molar-refractivity contribution is 5.96. The maximum atomic E-state index is 13.7. The Kier molecular flexibility index (Phi) is 3.84. The van der Waals surface area contributed by atoms with E-state index in [1.807, 2.05) is 0 Å². The number of carboxylic acid groups (broad SMARTS) is 1. The van der Waals surface area contributed by atoms with Crippen LogP contribution in [0.25, 0.3) is 11.1 Å². The van der Waals surface area contributed by atoms with Gasteiger partial charge in [0.2, 0.25) is 0 Å². The number of hydrogen-bond donors (Lipinski definition) is 1. The number of ether oxygens (including phenoxy) is 1. The van der Waals surface area contributed by atoms with Crippen molar-refractivity contribution in [3.63, 3.8) is 0 Å². The third kappa shape index (κ3) is 2.81. The fourth-order valence-corrected chi connectivity index (χ4v) is 1.91. The fraction of sp³-hybridized carbons (Fsp3) is 0.0714. The molecule has 0 amide bonds. The van der Waals surface area contributed by atoms with Crippen molar-refractivity contribution < 1.29 is 24.0 Å². The van der Waals surface area contributed by atoms with Crippen LogP contribution in [0.5, 0.6) is 5.75 Å². The van der Waals surface area contributed by atoms with E-state index in [4.69, 9.17) is 9.84 Å². The van der Waals surface area contributed by atoms with Gasteiger partial charge in [0.15, 0.2) is 11.6 Å². The number of nitro benzene ring substituents is 1. The summed E-state index contributed by atoms with van der Waals surface area (Å²) >= 11 is 0. The minimum Gasteiger partial charge on any atom is -0.494 e. The number of benzene rings is 2. The van der Waals surface area contributed by atoms with Crippen LogP contribution in [0.4, 0.5) is 10.1 Å². The van der Waals surface area contributed by atoms with Gasteiger partial charge in [-0.05, 0) is 23.8 Å². The first kappa shape index (κ1) is 14.4. The summed E-state index contributed by atoms with van der Waals surface area (Å²) in [4.78, 5) is 21.3. The molecular weight excluding hydrogens is 281 g/mol. The molecule has 0 heterocycles. The van der Waals surface area contributed by atoms with Gasteiger partial charge in [0, 0.05) is 17.7 Å². The lowest BCUT2D eigenvalue weighted by atomic mass is 9.98. The second kappa shape index (κ2) is 5.58. The van der Waals surface area contributed by atoms with Crippen LogP contribution in [-0.2, 0) is 0 Å². The van der Waals surface area contributed by atoms with Crippen LogP contribution in [0.3, 0.4) is 0 Å². The first-order valence-corrected chi connectivity index (χ1v) is 5.79. The Hall–Kier alpha value is -2.96. The van der Waals surface area contributed by atoms with Gasteiger partial charge in [-0.3, -0.25) is 10.1 Å². The third-order valence-electron chi connectivity index (χ3n) is 2.91. The summed E-state index contributed by atoms with van der Waals surface area (Å²) in [5.41, 5.74) is -0.135. The molecule has 2 rings (SSSR count). The monoisotopic (exact) mass is 291 g/mol. The quantitative estimate of drug-likeness (QED) is 0.690. The highest BCUT2D eigenvalue weighted by Crippen LogP contribution is 2.31. The molecule has 0 radical (unpaired) electrons. The number of nitrogens with zero attached hydrogens (tertiary/aromatic N) is 1. The number of carbonyl (C=O) groups is 1. The minimum atomic E-state index is -1.25. The van der Waals surface area contributed by atoms with Gasteiger partial charge >= 0.3 is 5.97 Å². The lowest BCUT2D eigenvalue weighted by Crippen LogP contribution is -2.01. The molecule has 2 aromatic carbocycles. The van der Waals surface area contributed by atoms with Gasteiger partial charge in [0.05, 0.1) is 17.6 Å². The summed E-state index contributed by atoms with van der Waals surface area (Å²) in [7, 11) is 1.30. The lowest BCUT2D eigenvalue weighted by molar-refractivity contribution is -0.384. The van der Waals surface area contributed by atoms with Crippen molar-refractivity contribution in [2.24, 2.45) is 0 Å². The molecular formula is C14H10FNO5. The van der Waals surface area contributed by atoms with Gasteiger partial charge in [-0.25, -0.2) is 9.18 Å². The number of rotatable bonds is 4. The number of hydrogen-bond acceptors (Lipinski definition) is 4. The second-order valence-corrected chi connectivity index (χ2v) is 4.14. The molecule has 108 valence electrons. The van der Waals surface area contributed by atoms with E-state index >= 15 is 0 Å². The molecule has 0 spiro atoms. The normalized spacial score (nSPS) is 10.2. The number of nitro groups is 1. The van der Waals surface area contributed by atoms with E-state index < -0.39 is 16.7 Å². The molecule has 0 aliphatic rings. The Bertz CT molecular complexity index is 729. The Morgan fingerprint density at radius 2 is 2.00 bits per heavy atom. The maximum Gasteiger partial charge on any atom is 0.336 e. The van der Waals surface area contributed by atoms with E-state index in [2.05, 4.69) is 0 Å². The van der Waals surface area contributed by atoms with Gasteiger partial charge in [-0.2, -0.15) is 0 Å². The smallest absolute Gasteiger partial charge is 0.336 e. The average molecular weight is 291 g/mol. The van der Waals surface area contributed by atoms with Crippen LogP contribution in [0.2, 0.25) is 0 Å². The molecule has 0 atom stereocenters. The van der Waals surface area contributed by atoms with Crippen molar-refractivity contribution in [2.45, 2.75) is 0 Å². The molecule has 6 nitrogen and oxygen atoms in total. The van der Waals surface area contributed by atoms with Crippen molar-refractivity contribution in [1.29, 1.82) is 0 Å². The molecule has 0 aliphatic heterocycles. The largest absolute Gasteiger partial charge is 0.494 e. The number of carboxylic acids is 1. The van der Waals surface area contributed by atoms with Crippen molar-refractivity contribution in [1.82, 2.24) is 0 Å². The molecule has 0 aliphatic carbocycles. The summed E-state index contributed by atoms with van der Waals surface area (Å²) in [6, 6.07) is 7.16. The molecule has 1 N–H and O–H groups in total. The predicted molar refractivity (Wildman–Crippen MR) is 72.0 cm³/mol. The van der Waals surface area contributed by atoms with Crippen LogP contribution in [0.1, 0.15) is 10.4 Å². The zero-order valence-corrected chi connectivity index (χ0v) is 10.9. The Morgan fingerprint density at radius 3 is 2.52 bits per heavy atom. The first-order chi connectivity index (χ1) is 9.93. The average Bonchev–Trinajstić information content (AvgIpc) is 2.46. The van der Waals surface area contributed by atoms with Gasteiger partial charge in [-0.1, -0.05) is 6.07 Å². The highest BCUT2D eigenvalue weighted by Gasteiger charge is 2.17. The number of methoxy groups -OCH3 is 1. The van der Waals surface area contributed by atoms with E-state index in [0.717, 1.165) is 24.3 Å². The lowest BCUT2D eigenvalue weighted by Gasteiger charge is -2.08. The Morgan fingerprint density at radius 1 is 1.29 bits per heavy atom. The van der Waals surface area contributed by atoms with Crippen molar-refractivity contribution in [2.75, 3.05) is 7.11 Å². The van der Waals surface area contributed by atoms with Gasteiger partial charge in [-0.15, -0.1) is 0 Å². The molecule has 0 saturated carbocycles. The van der Waals surface area contributed by atoms with E-state index in [1.54, 1.807) is 0 Å². The summed E-state index contributed by atoms with van der Waals surface area (Å²) in [6.45, 7) is 0.